The number of pyridine rings is 1. The Morgan fingerprint density at radius 1 is 1.40 bits per heavy atom. The van der Waals surface area contributed by atoms with Gasteiger partial charge >= 0.3 is 0 Å². The monoisotopic (exact) mass is 422 g/mol. The van der Waals surface area contributed by atoms with E-state index in [1.165, 1.54) is 0 Å². The minimum atomic E-state index is -0.443. The number of imidazole rings is 1. The minimum absolute atomic E-state index is 0.0945. The van der Waals surface area contributed by atoms with Gasteiger partial charge in [0, 0.05) is 25.7 Å². The number of amides is 1. The fourth-order valence-corrected chi connectivity index (χ4v) is 4.60. The molecule has 1 unspecified atom stereocenters. The van der Waals surface area contributed by atoms with Crippen molar-refractivity contribution in [2.24, 2.45) is 7.05 Å². The molecule has 0 bridgehead atoms. The Hall–Kier alpha value is -2.88. The third kappa shape index (κ3) is 3.45. The zero-order valence-electron chi connectivity index (χ0n) is 16.8. The van der Waals surface area contributed by atoms with Crippen LogP contribution in [0.4, 0.5) is 0 Å². The average Bonchev–Trinajstić information content (AvgIpc) is 3.38. The number of nitrogens with one attached hydrogen (secondary N) is 2. The van der Waals surface area contributed by atoms with Crippen molar-refractivity contribution in [2.75, 3.05) is 19.7 Å². The number of aryl methyl sites for hydroxylation is 1. The van der Waals surface area contributed by atoms with E-state index >= 15 is 0 Å². The number of rotatable bonds is 4. The van der Waals surface area contributed by atoms with Gasteiger partial charge in [-0.05, 0) is 18.6 Å². The highest BCUT2D eigenvalue weighted by Gasteiger charge is 2.23. The topological polar surface area (TPSA) is 94.0 Å². The summed E-state index contributed by atoms with van der Waals surface area (Å²) in [6.45, 7) is 3.85. The Bertz CT molecular complexity index is 1230. The van der Waals surface area contributed by atoms with Crippen LogP contribution >= 0.6 is 11.3 Å². The van der Waals surface area contributed by atoms with Crippen molar-refractivity contribution < 1.29 is 9.53 Å². The van der Waals surface area contributed by atoms with Gasteiger partial charge in [0.05, 0.1) is 30.7 Å². The number of carbonyl (C=O) groups is 1. The lowest BCUT2D eigenvalue weighted by Crippen LogP contribution is -2.48. The molecule has 2 atom stereocenters. The van der Waals surface area contributed by atoms with Gasteiger partial charge in [-0.3, -0.25) is 4.79 Å². The van der Waals surface area contributed by atoms with Gasteiger partial charge in [0.25, 0.3) is 5.91 Å². The van der Waals surface area contributed by atoms with Crippen molar-refractivity contribution >= 4 is 38.6 Å². The molecular weight excluding hydrogens is 400 g/mol. The number of hydrogen-bond donors (Lipinski definition) is 2. The first-order valence-corrected chi connectivity index (χ1v) is 10.7. The Kier molecular flexibility index (Phi) is 4.93. The average molecular weight is 423 g/mol. The quantitative estimate of drug-likeness (QED) is 0.525. The number of carbonyl (C=O) groups excluding carboxylic acids is 1. The summed E-state index contributed by atoms with van der Waals surface area (Å²) in [6, 6.07) is 7.97. The van der Waals surface area contributed by atoms with Gasteiger partial charge in [0.1, 0.15) is 27.0 Å². The normalized spacial score (nSPS) is 18.0. The maximum Gasteiger partial charge on any atom is 0.250 e. The highest BCUT2D eigenvalue weighted by molar-refractivity contribution is 7.21. The van der Waals surface area contributed by atoms with Crippen molar-refractivity contribution in [3.63, 3.8) is 0 Å². The Labute approximate surface area is 177 Å². The molecule has 8 nitrogen and oxygen atoms in total. The van der Waals surface area contributed by atoms with E-state index in [-0.39, 0.29) is 11.9 Å². The first-order valence-electron chi connectivity index (χ1n) is 9.90. The molecule has 5 rings (SSSR count). The number of hydrogen-bond acceptors (Lipinski definition) is 7. The van der Waals surface area contributed by atoms with E-state index in [2.05, 4.69) is 26.7 Å². The van der Waals surface area contributed by atoms with Crippen LogP contribution in [0.1, 0.15) is 18.5 Å². The number of nitrogens with zero attached hydrogens (tertiary/aromatic N) is 4. The van der Waals surface area contributed by atoms with Crippen molar-refractivity contribution in [1.29, 1.82) is 0 Å². The van der Waals surface area contributed by atoms with Crippen LogP contribution < -0.4 is 10.6 Å². The second-order valence-corrected chi connectivity index (χ2v) is 8.42. The van der Waals surface area contributed by atoms with Crippen LogP contribution in [0.2, 0.25) is 0 Å². The summed E-state index contributed by atoms with van der Waals surface area (Å²) < 4.78 is 7.52. The number of aromatic nitrogens is 4. The van der Waals surface area contributed by atoms with E-state index in [1.54, 1.807) is 23.9 Å². The largest absolute Gasteiger partial charge is 0.366 e. The molecule has 0 radical (unpaired) electrons. The zero-order chi connectivity index (χ0) is 20.7. The smallest absolute Gasteiger partial charge is 0.250 e. The molecular formula is C21H22N6O2S. The van der Waals surface area contributed by atoms with Crippen LogP contribution in [-0.2, 0) is 16.6 Å². The summed E-state index contributed by atoms with van der Waals surface area (Å²) in [7, 11) is 1.96. The van der Waals surface area contributed by atoms with Crippen LogP contribution in [0.25, 0.3) is 32.0 Å². The van der Waals surface area contributed by atoms with Crippen LogP contribution in [-0.4, -0.2) is 51.2 Å². The third-order valence-electron chi connectivity index (χ3n) is 5.32. The Morgan fingerprint density at radius 2 is 2.30 bits per heavy atom. The highest BCUT2D eigenvalue weighted by Crippen LogP contribution is 2.33. The first-order chi connectivity index (χ1) is 14.6. The van der Waals surface area contributed by atoms with Gasteiger partial charge in [-0.25, -0.2) is 15.0 Å². The van der Waals surface area contributed by atoms with Gasteiger partial charge in [0.15, 0.2) is 0 Å². The van der Waals surface area contributed by atoms with Crippen LogP contribution in [0.15, 0.2) is 36.8 Å². The molecule has 1 aliphatic rings. The molecule has 4 aromatic rings. The summed E-state index contributed by atoms with van der Waals surface area (Å²) in [4.78, 5) is 27.1. The standard InChI is InChI=1S/C21H22N6O2S/c1-12(25-19(28)16-10-22-6-7-29-16)13-4-3-5-14(8-13)20-26-17-18-15(24-11-27(18)2)9-23-21(17)30-20/h3-5,8-9,11-12,16,22H,6-7,10H2,1-2H3,(H,25,28)/t12-,16?/m0/s1. The van der Waals surface area contributed by atoms with E-state index in [9.17, 15) is 4.79 Å². The van der Waals surface area contributed by atoms with Crippen molar-refractivity contribution in [3.8, 4) is 10.6 Å². The molecule has 3 aromatic heterocycles. The lowest BCUT2D eigenvalue weighted by Gasteiger charge is -2.24. The molecule has 4 heterocycles. The Morgan fingerprint density at radius 3 is 3.13 bits per heavy atom. The molecule has 0 aliphatic carbocycles. The summed E-state index contributed by atoms with van der Waals surface area (Å²) in [6.07, 6.45) is 3.12. The number of thiazole rings is 1. The van der Waals surface area contributed by atoms with Crippen LogP contribution in [0.5, 0.6) is 0 Å². The molecule has 154 valence electrons. The number of morpholine rings is 1. The van der Waals surface area contributed by atoms with Crippen LogP contribution in [0, 0.1) is 0 Å². The maximum absolute atomic E-state index is 12.5. The lowest BCUT2D eigenvalue weighted by atomic mass is 10.0. The van der Waals surface area contributed by atoms with Gasteiger partial charge in [-0.2, -0.15) is 0 Å². The minimum Gasteiger partial charge on any atom is -0.366 e. The fraction of sp³-hybridized carbons (Fsp3) is 0.333. The second kappa shape index (κ2) is 7.75. The first kappa shape index (κ1) is 19.1. The van der Waals surface area contributed by atoms with Crippen LogP contribution in [0.3, 0.4) is 0 Å². The summed E-state index contributed by atoms with van der Waals surface area (Å²) >= 11 is 1.56. The predicted octanol–water partition coefficient (Wildman–Crippen LogP) is 2.41. The molecule has 1 saturated heterocycles. The van der Waals surface area contributed by atoms with E-state index in [0.717, 1.165) is 44.1 Å². The molecule has 0 spiro atoms. The van der Waals surface area contributed by atoms with Gasteiger partial charge < -0.3 is 19.9 Å². The summed E-state index contributed by atoms with van der Waals surface area (Å²) in [5.41, 5.74) is 4.71. The van der Waals surface area contributed by atoms with E-state index < -0.39 is 6.10 Å². The highest BCUT2D eigenvalue weighted by atomic mass is 32.1. The fourth-order valence-electron chi connectivity index (χ4n) is 3.69. The van der Waals surface area contributed by atoms with E-state index in [1.807, 2.05) is 36.7 Å². The maximum atomic E-state index is 12.5. The van der Waals surface area contributed by atoms with Crippen molar-refractivity contribution in [3.05, 3.63) is 42.4 Å². The molecule has 1 amide bonds. The number of benzene rings is 1. The van der Waals surface area contributed by atoms with E-state index in [0.29, 0.717) is 13.2 Å². The Balaban J connectivity index is 1.42. The molecule has 9 heteroatoms. The lowest BCUT2D eigenvalue weighted by molar-refractivity contribution is -0.134. The predicted molar refractivity (Wildman–Crippen MR) is 116 cm³/mol. The summed E-state index contributed by atoms with van der Waals surface area (Å²) in [5, 5.41) is 7.13. The van der Waals surface area contributed by atoms with Gasteiger partial charge in [-0.15, -0.1) is 0 Å². The molecule has 30 heavy (non-hydrogen) atoms. The molecule has 1 aliphatic heterocycles. The molecule has 1 fully saturated rings. The van der Waals surface area contributed by atoms with E-state index in [4.69, 9.17) is 9.72 Å². The third-order valence-corrected chi connectivity index (χ3v) is 6.33. The number of fused-ring (bicyclic) bond motifs is 3. The van der Waals surface area contributed by atoms with Gasteiger partial charge in [0.2, 0.25) is 0 Å². The van der Waals surface area contributed by atoms with Crippen molar-refractivity contribution in [1.82, 2.24) is 30.2 Å². The number of ether oxygens (including phenoxy) is 1. The second-order valence-electron chi connectivity index (χ2n) is 7.44. The molecule has 2 N–H and O–H groups in total. The SMILES string of the molecule is C[C@H](NC(=O)C1CNCCO1)c1cccc(-c2nc3c(ncc4ncn(C)c43)s2)c1. The summed E-state index contributed by atoms with van der Waals surface area (Å²) in [5.74, 6) is -0.0945. The molecule has 1 aromatic carbocycles. The molecule has 0 saturated carbocycles. The van der Waals surface area contributed by atoms with Gasteiger partial charge in [-0.1, -0.05) is 29.5 Å². The zero-order valence-corrected chi connectivity index (χ0v) is 17.6. The van der Waals surface area contributed by atoms with Crippen molar-refractivity contribution in [2.45, 2.75) is 19.1 Å².